The van der Waals surface area contributed by atoms with Crippen LogP contribution in [0.15, 0.2) is 36.4 Å². The Morgan fingerprint density at radius 3 is 2.02 bits per heavy atom. The highest BCUT2D eigenvalue weighted by molar-refractivity contribution is 6.74. The Morgan fingerprint density at radius 1 is 0.929 bits per heavy atom. The average Bonchev–Trinajstić information content (AvgIpc) is 3.16. The van der Waals surface area contributed by atoms with Crippen molar-refractivity contribution in [3.8, 4) is 5.75 Å². The predicted molar refractivity (Wildman–Crippen MR) is 176 cm³/mol. The molecule has 0 radical (unpaired) electrons. The summed E-state index contributed by atoms with van der Waals surface area (Å²) in [4.78, 5) is 0. The van der Waals surface area contributed by atoms with Crippen molar-refractivity contribution < 1.29 is 32.9 Å². The third-order valence-corrected chi connectivity index (χ3v) is 18.2. The van der Waals surface area contributed by atoms with Crippen molar-refractivity contribution in [3.05, 3.63) is 42.0 Å². The van der Waals surface area contributed by atoms with E-state index in [1.54, 1.807) is 13.2 Å². The van der Waals surface area contributed by atoms with Crippen LogP contribution in [0.2, 0.25) is 36.3 Å². The average molecular weight is 625 g/mol. The van der Waals surface area contributed by atoms with Gasteiger partial charge in [-0.25, -0.2) is 0 Å². The maximum atomic E-state index is 11.3. The van der Waals surface area contributed by atoms with Gasteiger partial charge in [0.15, 0.2) is 22.4 Å². The monoisotopic (exact) mass is 624 g/mol. The molecule has 0 aromatic heterocycles. The van der Waals surface area contributed by atoms with Crippen LogP contribution in [0.1, 0.15) is 74.3 Å². The van der Waals surface area contributed by atoms with Gasteiger partial charge >= 0.3 is 0 Å². The molecule has 0 amide bonds. The van der Waals surface area contributed by atoms with E-state index >= 15 is 0 Å². The maximum absolute atomic E-state index is 11.3. The molecule has 1 heterocycles. The van der Waals surface area contributed by atoms with E-state index in [0.29, 0.717) is 19.6 Å². The molecule has 0 aliphatic carbocycles. The van der Waals surface area contributed by atoms with Crippen molar-refractivity contribution >= 4 is 16.6 Å². The van der Waals surface area contributed by atoms with Gasteiger partial charge in [0.25, 0.3) is 0 Å². The van der Waals surface area contributed by atoms with Crippen molar-refractivity contribution in [2.45, 2.75) is 148 Å². The van der Waals surface area contributed by atoms with E-state index in [0.717, 1.165) is 11.3 Å². The molecule has 2 rings (SSSR count). The van der Waals surface area contributed by atoms with E-state index in [2.05, 4.69) is 74.7 Å². The molecule has 9 heteroatoms. The Labute approximate surface area is 258 Å². The van der Waals surface area contributed by atoms with Crippen LogP contribution >= 0.6 is 0 Å². The highest BCUT2D eigenvalue weighted by Crippen LogP contribution is 2.39. The fourth-order valence-electron chi connectivity index (χ4n) is 4.33. The quantitative estimate of drug-likeness (QED) is 0.167. The van der Waals surface area contributed by atoms with Crippen molar-refractivity contribution in [1.82, 2.24) is 0 Å². The lowest BCUT2D eigenvalue weighted by Crippen LogP contribution is -2.46. The minimum absolute atomic E-state index is 0.0608. The third kappa shape index (κ3) is 10.5. The summed E-state index contributed by atoms with van der Waals surface area (Å²) >= 11 is 0. The molecule has 0 spiro atoms. The highest BCUT2D eigenvalue weighted by atomic mass is 28.4. The zero-order chi connectivity index (χ0) is 32.1. The fraction of sp³-hybridized carbons (Fsp3) is 0.758. The van der Waals surface area contributed by atoms with Crippen LogP contribution in [0.25, 0.3) is 0 Å². The minimum Gasteiger partial charge on any atom is -0.497 e. The first-order chi connectivity index (χ1) is 19.1. The molecule has 5 atom stereocenters. The van der Waals surface area contributed by atoms with Crippen molar-refractivity contribution in [3.63, 3.8) is 0 Å². The molecule has 1 saturated heterocycles. The van der Waals surface area contributed by atoms with Gasteiger partial charge in [-0.3, -0.25) is 0 Å². The lowest BCUT2D eigenvalue weighted by Gasteiger charge is -2.40. The molecule has 1 unspecified atom stereocenters. The van der Waals surface area contributed by atoms with Gasteiger partial charge in [-0.1, -0.05) is 65.8 Å². The van der Waals surface area contributed by atoms with Gasteiger partial charge in [0, 0.05) is 6.61 Å². The van der Waals surface area contributed by atoms with Gasteiger partial charge in [-0.15, -0.1) is 0 Å². The third-order valence-electron chi connectivity index (χ3n) is 9.08. The molecule has 0 saturated carbocycles. The van der Waals surface area contributed by atoms with E-state index < -0.39 is 34.6 Å². The molecule has 42 heavy (non-hydrogen) atoms. The number of hydrogen-bond acceptors (Lipinski definition) is 7. The number of hydrogen-bond donors (Lipinski definition) is 1. The molecule has 7 nitrogen and oxygen atoms in total. The van der Waals surface area contributed by atoms with Crippen LogP contribution < -0.4 is 4.74 Å². The van der Waals surface area contributed by atoms with Gasteiger partial charge in [-0.05, 0) is 81.2 Å². The van der Waals surface area contributed by atoms with Crippen molar-refractivity contribution in [2.75, 3.05) is 13.7 Å². The lowest BCUT2D eigenvalue weighted by atomic mass is 10.0. The molecule has 1 aliphatic rings. The van der Waals surface area contributed by atoms with E-state index in [4.69, 9.17) is 27.8 Å². The molecule has 1 fully saturated rings. The number of aliphatic hydroxyl groups is 1. The minimum atomic E-state index is -2.06. The van der Waals surface area contributed by atoms with Crippen LogP contribution in [0, 0.1) is 0 Å². The molecular formula is C33H60O7Si2. The van der Waals surface area contributed by atoms with Gasteiger partial charge in [0.2, 0.25) is 0 Å². The SMILES string of the molecule is COc1ccc(CO[C@H](/C=C\C(O)[C@H]2OC(C)(C)O[C@H]2CCO[Si](C)(C)C(C)(C)C)[C@H](C)O[Si](C)(C)C(C)(C)C)cc1. The van der Waals surface area contributed by atoms with Gasteiger partial charge in [-0.2, -0.15) is 0 Å². The molecule has 0 bridgehead atoms. The normalized spacial score (nSPS) is 22.4. The van der Waals surface area contributed by atoms with E-state index in [1.807, 2.05) is 44.2 Å². The standard InChI is InChI=1S/C33H60O7Si2/c1-24(40-42(13,14)32(5,6)7)28(36-23-25-15-17-26(35-10)18-16-25)20-19-27(34)30-29(38-33(8,9)39-30)21-22-37-41(11,12)31(2,3)4/h15-20,24,27-30,34H,21-23H2,1-14H3/b20-19-/t24-,27?,28+,29-,30+/m0/s1. The Kier molecular flexibility index (Phi) is 12.7. The van der Waals surface area contributed by atoms with Crippen LogP contribution in [0.5, 0.6) is 5.75 Å². The second kappa shape index (κ2) is 14.4. The second-order valence-corrected chi connectivity index (χ2v) is 24.7. The Bertz CT molecular complexity index is 993. The smallest absolute Gasteiger partial charge is 0.192 e. The summed E-state index contributed by atoms with van der Waals surface area (Å²) in [5.74, 6) is 0.0170. The summed E-state index contributed by atoms with van der Waals surface area (Å²) < 4.78 is 37.2. The molecule has 1 aliphatic heterocycles. The highest BCUT2D eigenvalue weighted by Gasteiger charge is 2.45. The van der Waals surface area contributed by atoms with Gasteiger partial charge in [0.1, 0.15) is 24.1 Å². The van der Waals surface area contributed by atoms with E-state index in [-0.39, 0.29) is 28.4 Å². The number of ether oxygens (including phenoxy) is 4. The number of aliphatic hydroxyl groups excluding tert-OH is 1. The van der Waals surface area contributed by atoms with Crippen molar-refractivity contribution in [1.29, 1.82) is 0 Å². The number of rotatable bonds is 14. The summed E-state index contributed by atoms with van der Waals surface area (Å²) in [6.07, 6.45) is 2.09. The number of methoxy groups -OCH3 is 1. The van der Waals surface area contributed by atoms with Crippen LogP contribution in [0.3, 0.4) is 0 Å². The Hall–Kier alpha value is -1.05. The second-order valence-electron chi connectivity index (χ2n) is 15.1. The van der Waals surface area contributed by atoms with Gasteiger partial charge in [0.05, 0.1) is 25.9 Å². The first kappa shape index (κ1) is 37.1. The van der Waals surface area contributed by atoms with E-state index in [9.17, 15) is 5.11 Å². The zero-order valence-electron chi connectivity index (χ0n) is 28.9. The van der Waals surface area contributed by atoms with Crippen molar-refractivity contribution in [2.24, 2.45) is 0 Å². The van der Waals surface area contributed by atoms with E-state index in [1.165, 1.54) is 0 Å². The Morgan fingerprint density at radius 2 is 1.50 bits per heavy atom. The van der Waals surface area contributed by atoms with Crippen LogP contribution in [-0.4, -0.2) is 71.8 Å². The molecule has 1 N–H and O–H groups in total. The summed E-state index contributed by atoms with van der Waals surface area (Å²) in [6, 6.07) is 7.85. The Balaban J connectivity index is 2.19. The summed E-state index contributed by atoms with van der Waals surface area (Å²) in [5, 5.41) is 11.5. The van der Waals surface area contributed by atoms with Gasteiger partial charge < -0.3 is 32.9 Å². The maximum Gasteiger partial charge on any atom is 0.192 e. The summed E-state index contributed by atoms with van der Waals surface area (Å²) in [7, 11) is -2.29. The topological polar surface area (TPSA) is 75.6 Å². The largest absolute Gasteiger partial charge is 0.497 e. The molecular weight excluding hydrogens is 565 g/mol. The summed E-state index contributed by atoms with van der Waals surface area (Å²) in [6.45, 7) is 29.2. The molecule has 1 aromatic rings. The first-order valence-corrected chi connectivity index (χ1v) is 21.2. The molecule has 242 valence electrons. The lowest BCUT2D eigenvalue weighted by molar-refractivity contribution is -0.153. The number of benzene rings is 1. The fourth-order valence-corrected chi connectivity index (χ4v) is 6.80. The predicted octanol–water partition coefficient (Wildman–Crippen LogP) is 7.84. The molecule has 1 aromatic carbocycles. The van der Waals surface area contributed by atoms with Crippen LogP contribution in [0.4, 0.5) is 0 Å². The summed E-state index contributed by atoms with van der Waals surface area (Å²) in [5.41, 5.74) is 1.03. The van der Waals surface area contributed by atoms with Crippen LogP contribution in [-0.2, 0) is 29.7 Å². The zero-order valence-corrected chi connectivity index (χ0v) is 30.9. The first-order valence-electron chi connectivity index (χ1n) is 15.4.